The Morgan fingerprint density at radius 2 is 2.21 bits per heavy atom. The maximum atomic E-state index is 12.3. The number of nitrogens with two attached hydrogens (primary N) is 1. The van der Waals surface area contributed by atoms with Crippen molar-refractivity contribution in [1.29, 1.82) is 0 Å². The number of aromatic nitrogens is 2. The Balaban J connectivity index is 2.87. The number of hydrogen-bond acceptors (Lipinski definition) is 4. The average molecular weight is 268 g/mol. The van der Waals surface area contributed by atoms with Crippen molar-refractivity contribution in [2.24, 2.45) is 0 Å². The van der Waals surface area contributed by atoms with E-state index < -0.39 is 0 Å². The van der Waals surface area contributed by atoms with Crippen molar-refractivity contribution < 1.29 is 9.53 Å². The van der Waals surface area contributed by atoms with Gasteiger partial charge in [-0.3, -0.25) is 9.48 Å². The van der Waals surface area contributed by atoms with E-state index in [9.17, 15) is 4.79 Å². The van der Waals surface area contributed by atoms with E-state index in [2.05, 4.69) is 17.3 Å². The van der Waals surface area contributed by atoms with Crippen LogP contribution in [-0.2, 0) is 11.3 Å². The molecule has 0 aliphatic heterocycles. The van der Waals surface area contributed by atoms with Crippen molar-refractivity contribution in [3.05, 3.63) is 11.4 Å². The third kappa shape index (κ3) is 3.70. The fraction of sp³-hybridized carbons (Fsp3) is 0.692. The van der Waals surface area contributed by atoms with Crippen LogP contribution in [-0.4, -0.2) is 35.4 Å². The van der Waals surface area contributed by atoms with E-state index >= 15 is 0 Å². The lowest BCUT2D eigenvalue weighted by atomic mass is 10.1. The average Bonchev–Trinajstić information content (AvgIpc) is 2.66. The SMILES string of the molecule is CCCC(COC)NC(=O)c1c(N)c(C)nn1CC. The number of nitrogen functional groups attached to an aromatic ring is 1. The predicted octanol–water partition coefficient (Wildman–Crippen LogP) is 1.34. The molecule has 0 spiro atoms. The molecule has 0 aliphatic carbocycles. The van der Waals surface area contributed by atoms with Crippen LogP contribution in [0.1, 0.15) is 42.9 Å². The number of nitrogens with one attached hydrogen (secondary N) is 1. The van der Waals surface area contributed by atoms with Crippen LogP contribution in [0.5, 0.6) is 0 Å². The molecular formula is C13H24N4O2. The molecule has 0 fully saturated rings. The summed E-state index contributed by atoms with van der Waals surface area (Å²) in [5.74, 6) is -0.185. The van der Waals surface area contributed by atoms with Crippen LogP contribution in [0.25, 0.3) is 0 Å². The van der Waals surface area contributed by atoms with E-state index in [0.29, 0.717) is 30.2 Å². The molecule has 0 radical (unpaired) electrons. The lowest BCUT2D eigenvalue weighted by molar-refractivity contribution is 0.0882. The van der Waals surface area contributed by atoms with Gasteiger partial charge in [-0.05, 0) is 20.3 Å². The number of anilines is 1. The highest BCUT2D eigenvalue weighted by Gasteiger charge is 2.21. The molecule has 1 aromatic rings. The third-order valence-corrected chi connectivity index (χ3v) is 3.03. The summed E-state index contributed by atoms with van der Waals surface area (Å²) in [6.45, 7) is 6.92. The summed E-state index contributed by atoms with van der Waals surface area (Å²) in [6, 6.07) is 0.00223. The van der Waals surface area contributed by atoms with Gasteiger partial charge in [0.2, 0.25) is 0 Å². The van der Waals surface area contributed by atoms with Crippen molar-refractivity contribution in [1.82, 2.24) is 15.1 Å². The smallest absolute Gasteiger partial charge is 0.272 e. The Labute approximate surface area is 114 Å². The molecule has 6 heteroatoms. The molecule has 1 amide bonds. The predicted molar refractivity (Wildman–Crippen MR) is 75.1 cm³/mol. The van der Waals surface area contributed by atoms with Crippen molar-refractivity contribution >= 4 is 11.6 Å². The lowest BCUT2D eigenvalue weighted by Gasteiger charge is -2.17. The number of ether oxygens (including phenoxy) is 1. The summed E-state index contributed by atoms with van der Waals surface area (Å²) in [6.07, 6.45) is 1.86. The highest BCUT2D eigenvalue weighted by molar-refractivity contribution is 5.98. The highest BCUT2D eigenvalue weighted by atomic mass is 16.5. The molecular weight excluding hydrogens is 244 g/mol. The Morgan fingerprint density at radius 3 is 2.74 bits per heavy atom. The lowest BCUT2D eigenvalue weighted by Crippen LogP contribution is -2.39. The molecule has 0 saturated carbocycles. The molecule has 6 nitrogen and oxygen atoms in total. The van der Waals surface area contributed by atoms with Crippen LogP contribution in [0.2, 0.25) is 0 Å². The van der Waals surface area contributed by atoms with Gasteiger partial charge in [0.05, 0.1) is 24.0 Å². The largest absolute Gasteiger partial charge is 0.395 e. The first kappa shape index (κ1) is 15.5. The fourth-order valence-electron chi connectivity index (χ4n) is 2.06. The first-order valence-corrected chi connectivity index (χ1v) is 6.67. The zero-order valence-corrected chi connectivity index (χ0v) is 12.2. The molecule has 1 unspecified atom stereocenters. The first-order chi connectivity index (χ1) is 9.04. The molecule has 0 aliphatic rings. The molecule has 0 saturated heterocycles. The Bertz CT molecular complexity index is 423. The van der Waals surface area contributed by atoms with Crippen LogP contribution in [0.4, 0.5) is 5.69 Å². The van der Waals surface area contributed by atoms with Crippen LogP contribution in [0, 0.1) is 6.92 Å². The van der Waals surface area contributed by atoms with E-state index in [1.807, 2.05) is 6.92 Å². The normalized spacial score (nSPS) is 12.4. The van der Waals surface area contributed by atoms with Gasteiger partial charge >= 0.3 is 0 Å². The maximum Gasteiger partial charge on any atom is 0.272 e. The zero-order chi connectivity index (χ0) is 14.4. The summed E-state index contributed by atoms with van der Waals surface area (Å²) in [5.41, 5.74) is 7.51. The Kier molecular flexibility index (Phi) is 5.82. The molecule has 0 bridgehead atoms. The second kappa shape index (κ2) is 7.13. The van der Waals surface area contributed by atoms with Crippen molar-refractivity contribution in [3.8, 4) is 0 Å². The van der Waals surface area contributed by atoms with Gasteiger partial charge in [0, 0.05) is 13.7 Å². The van der Waals surface area contributed by atoms with Gasteiger partial charge in [0.15, 0.2) is 0 Å². The summed E-state index contributed by atoms with van der Waals surface area (Å²) in [4.78, 5) is 12.3. The van der Waals surface area contributed by atoms with Crippen molar-refractivity contribution in [3.63, 3.8) is 0 Å². The van der Waals surface area contributed by atoms with Crippen molar-refractivity contribution in [2.75, 3.05) is 19.5 Å². The monoisotopic (exact) mass is 268 g/mol. The molecule has 19 heavy (non-hydrogen) atoms. The van der Waals surface area contributed by atoms with E-state index in [-0.39, 0.29) is 11.9 Å². The van der Waals surface area contributed by atoms with Gasteiger partial charge in [-0.15, -0.1) is 0 Å². The van der Waals surface area contributed by atoms with Crippen LogP contribution >= 0.6 is 0 Å². The molecule has 1 atom stereocenters. The molecule has 1 rings (SSSR count). The molecule has 1 aromatic heterocycles. The van der Waals surface area contributed by atoms with Gasteiger partial charge in [0.1, 0.15) is 5.69 Å². The van der Waals surface area contributed by atoms with E-state index in [1.165, 1.54) is 0 Å². The maximum absolute atomic E-state index is 12.3. The van der Waals surface area contributed by atoms with Crippen LogP contribution < -0.4 is 11.1 Å². The minimum Gasteiger partial charge on any atom is -0.395 e. The molecule has 0 aromatic carbocycles. The standard InChI is InChI=1S/C13H24N4O2/c1-5-7-10(8-19-4)15-13(18)12-11(14)9(3)16-17(12)6-2/h10H,5-8,14H2,1-4H3,(H,15,18). The molecule has 1 heterocycles. The van der Waals surface area contributed by atoms with Crippen LogP contribution in [0.15, 0.2) is 0 Å². The Hall–Kier alpha value is -1.56. The topological polar surface area (TPSA) is 82.2 Å². The van der Waals surface area contributed by atoms with Gasteiger partial charge in [0.25, 0.3) is 5.91 Å². The van der Waals surface area contributed by atoms with E-state index in [0.717, 1.165) is 12.8 Å². The summed E-state index contributed by atoms with van der Waals surface area (Å²) >= 11 is 0. The molecule has 3 N–H and O–H groups in total. The van der Waals surface area contributed by atoms with E-state index in [1.54, 1.807) is 18.7 Å². The third-order valence-electron chi connectivity index (χ3n) is 3.03. The first-order valence-electron chi connectivity index (χ1n) is 6.67. The molecule has 108 valence electrons. The van der Waals surface area contributed by atoms with E-state index in [4.69, 9.17) is 10.5 Å². The number of nitrogens with zero attached hydrogens (tertiary/aromatic N) is 2. The highest BCUT2D eigenvalue weighted by Crippen LogP contribution is 2.16. The summed E-state index contributed by atoms with van der Waals surface area (Å²) in [5, 5.41) is 7.21. The summed E-state index contributed by atoms with van der Waals surface area (Å²) < 4.78 is 6.75. The minimum atomic E-state index is -0.185. The number of carbonyl (C=O) groups excluding carboxylic acids is 1. The number of aryl methyl sites for hydroxylation is 2. The Morgan fingerprint density at radius 1 is 1.53 bits per heavy atom. The fourth-order valence-corrected chi connectivity index (χ4v) is 2.06. The number of methoxy groups -OCH3 is 1. The zero-order valence-electron chi connectivity index (χ0n) is 12.2. The van der Waals surface area contributed by atoms with Gasteiger partial charge in [-0.1, -0.05) is 13.3 Å². The van der Waals surface area contributed by atoms with Gasteiger partial charge < -0.3 is 15.8 Å². The second-order valence-electron chi connectivity index (χ2n) is 4.58. The number of amides is 1. The van der Waals surface area contributed by atoms with Crippen molar-refractivity contribution in [2.45, 2.75) is 46.2 Å². The summed E-state index contributed by atoms with van der Waals surface area (Å²) in [7, 11) is 1.63. The number of rotatable bonds is 7. The van der Waals surface area contributed by atoms with Gasteiger partial charge in [-0.25, -0.2) is 0 Å². The van der Waals surface area contributed by atoms with Gasteiger partial charge in [-0.2, -0.15) is 5.10 Å². The quantitative estimate of drug-likeness (QED) is 0.781. The van der Waals surface area contributed by atoms with Crippen LogP contribution in [0.3, 0.4) is 0 Å². The number of carbonyl (C=O) groups is 1. The minimum absolute atomic E-state index is 0.00223. The number of hydrogen-bond donors (Lipinski definition) is 2. The second-order valence-corrected chi connectivity index (χ2v) is 4.58.